The summed E-state index contributed by atoms with van der Waals surface area (Å²) in [5.41, 5.74) is 0. The highest BCUT2D eigenvalue weighted by molar-refractivity contribution is 14.2. The minimum absolute atomic E-state index is 0.220. The highest BCUT2D eigenvalue weighted by Gasteiger charge is 2.28. The molecule has 0 radical (unpaired) electrons. The van der Waals surface area contributed by atoms with Crippen LogP contribution in [0.4, 0.5) is 0 Å². The minimum Gasteiger partial charge on any atom is -0.130 e. The predicted octanol–water partition coefficient (Wildman–Crippen LogP) is 4.43. The second kappa shape index (κ2) is 7.36. The van der Waals surface area contributed by atoms with E-state index in [1.165, 1.54) is 34.5 Å². The Morgan fingerprint density at radius 2 is 2.14 bits per heavy atom. The quantitative estimate of drug-likeness (QED) is 0.352. The van der Waals surface area contributed by atoms with Crippen molar-refractivity contribution in [3.05, 3.63) is 12.7 Å². The van der Waals surface area contributed by atoms with Gasteiger partial charge in [0.1, 0.15) is 0 Å². The normalized spacial score (nSPS) is 29.8. The molecule has 1 saturated carbocycles. The SMILES string of the molecule is C=CC1CCCCC1C(CI)CI=C. The van der Waals surface area contributed by atoms with Crippen molar-refractivity contribution in [2.24, 2.45) is 17.8 Å². The second-order valence-corrected chi connectivity index (χ2v) is 6.95. The largest absolute Gasteiger partial charge is 0.130 e. The summed E-state index contributed by atoms with van der Waals surface area (Å²) < 4.78 is 6.83. The highest BCUT2D eigenvalue weighted by atomic mass is 127. The molecule has 0 amide bonds. The van der Waals surface area contributed by atoms with Crippen LogP contribution < -0.4 is 0 Å². The Hall–Kier alpha value is 1.07. The summed E-state index contributed by atoms with van der Waals surface area (Å²) in [7, 11) is 0. The molecule has 0 aromatic rings. The van der Waals surface area contributed by atoms with Gasteiger partial charge in [0.25, 0.3) is 0 Å². The number of hydrogen-bond donors (Lipinski definition) is 0. The van der Waals surface area contributed by atoms with E-state index in [2.05, 4.69) is 39.8 Å². The van der Waals surface area contributed by atoms with Gasteiger partial charge in [-0.3, -0.25) is 0 Å². The summed E-state index contributed by atoms with van der Waals surface area (Å²) >= 11 is 2.78. The standard InChI is InChI=1S/C12H20I2/c1-3-10-6-4-5-7-12(10)11(8-13)9-14-2/h3,10-12H,1-2,4-9H2. The summed E-state index contributed by atoms with van der Waals surface area (Å²) in [5.74, 6) is 2.67. The Morgan fingerprint density at radius 3 is 2.71 bits per heavy atom. The summed E-state index contributed by atoms with van der Waals surface area (Å²) in [6, 6.07) is 0. The lowest BCUT2D eigenvalue weighted by molar-refractivity contribution is 0.228. The molecule has 1 rings (SSSR count). The van der Waals surface area contributed by atoms with Gasteiger partial charge in [-0.2, -0.15) is 0 Å². The van der Waals surface area contributed by atoms with E-state index in [1.54, 1.807) is 0 Å². The van der Waals surface area contributed by atoms with Crippen LogP contribution in [0.1, 0.15) is 25.7 Å². The van der Waals surface area contributed by atoms with Crippen LogP contribution in [0.5, 0.6) is 0 Å². The number of rotatable bonds is 5. The van der Waals surface area contributed by atoms with Crippen molar-refractivity contribution in [1.29, 1.82) is 0 Å². The molecule has 0 aliphatic heterocycles. The van der Waals surface area contributed by atoms with Crippen LogP contribution in [-0.2, 0) is 0 Å². The summed E-state index contributed by atoms with van der Waals surface area (Å²) in [6.07, 6.45) is 7.90. The van der Waals surface area contributed by atoms with Crippen LogP contribution in [0.2, 0.25) is 0 Å². The molecular weight excluding hydrogens is 398 g/mol. The van der Waals surface area contributed by atoms with Crippen LogP contribution in [-0.4, -0.2) is 13.4 Å². The van der Waals surface area contributed by atoms with E-state index in [0.29, 0.717) is 0 Å². The summed E-state index contributed by atoms with van der Waals surface area (Å²) in [4.78, 5) is 0. The zero-order valence-electron chi connectivity index (χ0n) is 8.72. The second-order valence-electron chi connectivity index (χ2n) is 4.11. The molecule has 0 aromatic heterocycles. The zero-order valence-corrected chi connectivity index (χ0v) is 13.0. The third-order valence-corrected chi connectivity index (χ3v) is 6.17. The van der Waals surface area contributed by atoms with E-state index in [9.17, 15) is 0 Å². The number of allylic oxidation sites excluding steroid dienone is 1. The van der Waals surface area contributed by atoms with Crippen molar-refractivity contribution in [2.45, 2.75) is 25.7 Å². The number of halogens is 2. The summed E-state index contributed by atoms with van der Waals surface area (Å²) in [5, 5.41) is 0. The van der Waals surface area contributed by atoms with Gasteiger partial charge < -0.3 is 0 Å². The van der Waals surface area contributed by atoms with Crippen molar-refractivity contribution < 1.29 is 0 Å². The Balaban J connectivity index is 2.59. The maximum absolute atomic E-state index is 4.10. The van der Waals surface area contributed by atoms with Crippen molar-refractivity contribution in [3.63, 3.8) is 0 Å². The van der Waals surface area contributed by atoms with Gasteiger partial charge in [-0.15, -0.1) is 27.3 Å². The monoisotopic (exact) mass is 418 g/mol. The molecule has 3 unspecified atom stereocenters. The predicted molar refractivity (Wildman–Crippen MR) is 84.0 cm³/mol. The van der Waals surface area contributed by atoms with Crippen LogP contribution in [0.15, 0.2) is 12.7 Å². The molecule has 1 aliphatic rings. The Morgan fingerprint density at radius 1 is 1.43 bits per heavy atom. The van der Waals surface area contributed by atoms with E-state index < -0.39 is 0 Å². The Bertz CT molecular complexity index is 189. The van der Waals surface area contributed by atoms with Gasteiger partial charge >= 0.3 is 0 Å². The molecule has 0 aromatic carbocycles. The maximum Gasteiger partial charge on any atom is 0.00337 e. The van der Waals surface area contributed by atoms with E-state index in [4.69, 9.17) is 0 Å². The van der Waals surface area contributed by atoms with Crippen LogP contribution in [0, 0.1) is 17.8 Å². The first-order valence-electron chi connectivity index (χ1n) is 5.34. The lowest BCUT2D eigenvalue weighted by Gasteiger charge is -2.34. The van der Waals surface area contributed by atoms with Gasteiger partial charge in [0, 0.05) is 4.43 Å². The number of alkyl halides is 2. The van der Waals surface area contributed by atoms with Gasteiger partial charge in [0.15, 0.2) is 0 Å². The van der Waals surface area contributed by atoms with E-state index in [-0.39, 0.29) is 20.7 Å². The van der Waals surface area contributed by atoms with Crippen LogP contribution in [0.3, 0.4) is 0 Å². The molecule has 0 nitrogen and oxygen atoms in total. The lowest BCUT2D eigenvalue weighted by Crippen LogP contribution is -2.27. The molecular formula is C12H20I2. The maximum atomic E-state index is 4.10. The lowest BCUT2D eigenvalue weighted by atomic mass is 9.74. The molecule has 2 heteroatoms. The molecule has 3 atom stereocenters. The van der Waals surface area contributed by atoms with E-state index in [1.807, 2.05) is 0 Å². The van der Waals surface area contributed by atoms with Crippen molar-refractivity contribution >= 4 is 47.8 Å². The fraction of sp³-hybridized carbons (Fsp3) is 0.750. The number of hydrogen-bond acceptors (Lipinski definition) is 0. The topological polar surface area (TPSA) is 0 Å². The Kier molecular flexibility index (Phi) is 6.91. The molecule has 0 heterocycles. The zero-order chi connectivity index (χ0) is 10.4. The molecule has 0 saturated heterocycles. The summed E-state index contributed by atoms with van der Waals surface area (Å²) in [6.45, 7) is 4.00. The minimum atomic E-state index is 0.220. The van der Waals surface area contributed by atoms with Crippen molar-refractivity contribution in [1.82, 2.24) is 0 Å². The fourth-order valence-corrected chi connectivity index (χ4v) is 6.40. The smallest absolute Gasteiger partial charge is 0.00337 e. The molecule has 82 valence electrons. The molecule has 0 bridgehead atoms. The first-order chi connectivity index (χ1) is 6.83. The average molecular weight is 418 g/mol. The first kappa shape index (κ1) is 13.1. The third-order valence-electron chi connectivity index (χ3n) is 3.29. The van der Waals surface area contributed by atoms with Crippen LogP contribution in [0.25, 0.3) is 0 Å². The van der Waals surface area contributed by atoms with Gasteiger partial charge in [-0.1, -0.05) is 46.0 Å². The average Bonchev–Trinajstić information content (AvgIpc) is 2.26. The third kappa shape index (κ3) is 3.58. The molecule has 14 heavy (non-hydrogen) atoms. The molecule has 1 fully saturated rings. The molecule has 1 aliphatic carbocycles. The van der Waals surface area contributed by atoms with Crippen molar-refractivity contribution in [3.8, 4) is 0 Å². The van der Waals surface area contributed by atoms with E-state index >= 15 is 0 Å². The van der Waals surface area contributed by atoms with Gasteiger partial charge in [-0.05, 0) is 35.0 Å². The van der Waals surface area contributed by atoms with E-state index in [0.717, 1.165) is 17.8 Å². The van der Waals surface area contributed by atoms with Gasteiger partial charge in [-0.25, -0.2) is 0 Å². The molecule has 0 N–H and O–H groups in total. The van der Waals surface area contributed by atoms with Gasteiger partial charge in [0.2, 0.25) is 0 Å². The van der Waals surface area contributed by atoms with Gasteiger partial charge in [0.05, 0.1) is 0 Å². The first-order valence-corrected chi connectivity index (χ1v) is 9.92. The fourth-order valence-electron chi connectivity index (χ4n) is 2.48. The molecule has 0 spiro atoms. The van der Waals surface area contributed by atoms with Crippen molar-refractivity contribution in [2.75, 3.05) is 8.86 Å². The highest BCUT2D eigenvalue weighted by Crippen LogP contribution is 2.37. The Labute approximate surface area is 112 Å². The van der Waals surface area contributed by atoms with Crippen LogP contribution >= 0.6 is 43.3 Å².